The quantitative estimate of drug-likeness (QED) is 0.861. The average Bonchev–Trinajstić information content (AvgIpc) is 2.85. The lowest BCUT2D eigenvalue weighted by molar-refractivity contribution is -0.138. The molecular formula is C15H19NO4. The van der Waals surface area contributed by atoms with Crippen LogP contribution in [0.1, 0.15) is 37.8 Å². The SMILES string of the molecule is C[C@@H]1CC[C@@H](C(=O)N[C@H](CC(=O)O)c2ccccc2)O1. The number of carbonyl (C=O) groups is 2. The minimum absolute atomic E-state index is 0.0837. The normalized spacial score (nSPS) is 23.2. The van der Waals surface area contributed by atoms with E-state index in [1.165, 1.54) is 0 Å². The second kappa shape index (κ2) is 6.52. The van der Waals surface area contributed by atoms with Crippen LogP contribution in [-0.4, -0.2) is 29.2 Å². The summed E-state index contributed by atoms with van der Waals surface area (Å²) in [5, 5.41) is 11.8. The summed E-state index contributed by atoms with van der Waals surface area (Å²) < 4.78 is 5.51. The van der Waals surface area contributed by atoms with E-state index in [1.807, 2.05) is 37.3 Å². The van der Waals surface area contributed by atoms with Crippen molar-refractivity contribution in [1.29, 1.82) is 0 Å². The van der Waals surface area contributed by atoms with E-state index in [-0.39, 0.29) is 18.4 Å². The van der Waals surface area contributed by atoms with Crippen LogP contribution >= 0.6 is 0 Å². The first-order valence-electron chi connectivity index (χ1n) is 6.79. The monoisotopic (exact) mass is 277 g/mol. The van der Waals surface area contributed by atoms with Gasteiger partial charge in [0.25, 0.3) is 0 Å². The molecule has 1 saturated heterocycles. The maximum atomic E-state index is 12.1. The van der Waals surface area contributed by atoms with Crippen molar-refractivity contribution >= 4 is 11.9 Å². The lowest BCUT2D eigenvalue weighted by atomic mass is 10.0. The molecule has 1 aromatic rings. The van der Waals surface area contributed by atoms with Crippen molar-refractivity contribution in [3.05, 3.63) is 35.9 Å². The van der Waals surface area contributed by atoms with Crippen molar-refractivity contribution in [2.24, 2.45) is 0 Å². The van der Waals surface area contributed by atoms with Crippen molar-refractivity contribution in [3.8, 4) is 0 Å². The van der Waals surface area contributed by atoms with Gasteiger partial charge in [-0.05, 0) is 25.3 Å². The summed E-state index contributed by atoms with van der Waals surface area (Å²) in [5.74, 6) is -1.18. The molecule has 0 unspecified atom stereocenters. The molecule has 0 spiro atoms. The fraction of sp³-hybridized carbons (Fsp3) is 0.467. The number of aliphatic carboxylic acids is 1. The smallest absolute Gasteiger partial charge is 0.305 e. The van der Waals surface area contributed by atoms with Crippen LogP contribution in [0.15, 0.2) is 30.3 Å². The molecule has 1 fully saturated rings. The van der Waals surface area contributed by atoms with E-state index in [4.69, 9.17) is 9.84 Å². The standard InChI is InChI=1S/C15H19NO4/c1-10-7-8-13(20-10)15(19)16-12(9-14(17)18)11-5-3-2-4-6-11/h2-6,10,12-13H,7-9H2,1H3,(H,16,19)(H,17,18)/t10-,12-,13+/m1/s1. The third-order valence-corrected chi connectivity index (χ3v) is 3.42. The Kier molecular flexibility index (Phi) is 4.74. The molecule has 0 saturated carbocycles. The molecule has 0 aromatic heterocycles. The van der Waals surface area contributed by atoms with Gasteiger partial charge >= 0.3 is 5.97 Å². The maximum Gasteiger partial charge on any atom is 0.305 e. The zero-order chi connectivity index (χ0) is 14.5. The van der Waals surface area contributed by atoms with Crippen molar-refractivity contribution in [2.45, 2.75) is 44.4 Å². The van der Waals surface area contributed by atoms with Gasteiger partial charge in [0.2, 0.25) is 5.91 Å². The van der Waals surface area contributed by atoms with Crippen molar-refractivity contribution in [1.82, 2.24) is 5.32 Å². The number of rotatable bonds is 5. The number of hydrogen-bond donors (Lipinski definition) is 2. The Bertz CT molecular complexity index is 474. The Balaban J connectivity index is 2.04. The van der Waals surface area contributed by atoms with Gasteiger partial charge in [0, 0.05) is 0 Å². The molecule has 20 heavy (non-hydrogen) atoms. The van der Waals surface area contributed by atoms with Crippen LogP contribution in [0.2, 0.25) is 0 Å². The molecular weight excluding hydrogens is 258 g/mol. The number of carboxylic acid groups (broad SMARTS) is 1. The van der Waals surface area contributed by atoms with Crippen molar-refractivity contribution < 1.29 is 19.4 Å². The number of ether oxygens (including phenoxy) is 1. The van der Waals surface area contributed by atoms with E-state index in [0.29, 0.717) is 6.42 Å². The van der Waals surface area contributed by atoms with E-state index in [9.17, 15) is 9.59 Å². The Morgan fingerprint density at radius 3 is 2.60 bits per heavy atom. The first-order chi connectivity index (χ1) is 9.56. The van der Waals surface area contributed by atoms with E-state index in [0.717, 1.165) is 12.0 Å². The predicted octanol–water partition coefficient (Wildman–Crippen LogP) is 1.89. The van der Waals surface area contributed by atoms with Crippen molar-refractivity contribution in [3.63, 3.8) is 0 Å². The maximum absolute atomic E-state index is 12.1. The predicted molar refractivity (Wildman–Crippen MR) is 73.1 cm³/mol. The van der Waals surface area contributed by atoms with Gasteiger partial charge in [-0.3, -0.25) is 9.59 Å². The summed E-state index contributed by atoms with van der Waals surface area (Å²) in [6, 6.07) is 8.60. The van der Waals surface area contributed by atoms with E-state index >= 15 is 0 Å². The van der Waals surface area contributed by atoms with E-state index in [1.54, 1.807) is 0 Å². The number of nitrogens with one attached hydrogen (secondary N) is 1. The zero-order valence-electron chi connectivity index (χ0n) is 11.4. The molecule has 0 radical (unpaired) electrons. The lowest BCUT2D eigenvalue weighted by Crippen LogP contribution is -2.38. The van der Waals surface area contributed by atoms with Gasteiger partial charge in [0.1, 0.15) is 6.10 Å². The Morgan fingerprint density at radius 1 is 1.35 bits per heavy atom. The first-order valence-corrected chi connectivity index (χ1v) is 6.79. The van der Waals surface area contributed by atoms with Crippen LogP contribution in [0.25, 0.3) is 0 Å². The molecule has 5 heteroatoms. The van der Waals surface area contributed by atoms with Gasteiger partial charge in [-0.15, -0.1) is 0 Å². The molecule has 1 aliphatic heterocycles. The minimum Gasteiger partial charge on any atom is -0.481 e. The third kappa shape index (κ3) is 3.81. The molecule has 1 heterocycles. The summed E-state index contributed by atoms with van der Waals surface area (Å²) in [4.78, 5) is 23.1. The number of carboxylic acids is 1. The van der Waals surface area contributed by atoms with Gasteiger partial charge in [0.15, 0.2) is 0 Å². The summed E-state index contributed by atoms with van der Waals surface area (Å²) in [5.41, 5.74) is 0.786. The van der Waals surface area contributed by atoms with Crippen LogP contribution < -0.4 is 5.32 Å². The van der Waals surface area contributed by atoms with Crippen LogP contribution in [0.4, 0.5) is 0 Å². The average molecular weight is 277 g/mol. The second-order valence-electron chi connectivity index (χ2n) is 5.08. The van der Waals surface area contributed by atoms with Crippen LogP contribution in [0, 0.1) is 0 Å². The molecule has 3 atom stereocenters. The lowest BCUT2D eigenvalue weighted by Gasteiger charge is -2.20. The molecule has 0 aliphatic carbocycles. The molecule has 2 N–H and O–H groups in total. The Morgan fingerprint density at radius 2 is 2.05 bits per heavy atom. The second-order valence-corrected chi connectivity index (χ2v) is 5.08. The molecule has 2 rings (SSSR count). The number of amides is 1. The molecule has 1 aromatic carbocycles. The summed E-state index contributed by atoms with van der Waals surface area (Å²) >= 11 is 0. The highest BCUT2D eigenvalue weighted by atomic mass is 16.5. The largest absolute Gasteiger partial charge is 0.481 e. The first kappa shape index (κ1) is 14.5. The Labute approximate surface area is 117 Å². The minimum atomic E-state index is -0.945. The van der Waals surface area contributed by atoms with Crippen LogP contribution in [0.5, 0.6) is 0 Å². The van der Waals surface area contributed by atoms with Crippen LogP contribution in [0.3, 0.4) is 0 Å². The molecule has 1 amide bonds. The van der Waals surface area contributed by atoms with Gasteiger partial charge in [0.05, 0.1) is 18.6 Å². The molecule has 108 valence electrons. The number of carbonyl (C=O) groups excluding carboxylic acids is 1. The number of benzene rings is 1. The summed E-state index contributed by atoms with van der Waals surface area (Å²) in [7, 11) is 0. The molecule has 1 aliphatic rings. The topological polar surface area (TPSA) is 75.6 Å². The van der Waals surface area contributed by atoms with E-state index < -0.39 is 18.1 Å². The van der Waals surface area contributed by atoms with Crippen LogP contribution in [-0.2, 0) is 14.3 Å². The third-order valence-electron chi connectivity index (χ3n) is 3.42. The zero-order valence-corrected chi connectivity index (χ0v) is 11.4. The Hall–Kier alpha value is -1.88. The van der Waals surface area contributed by atoms with Crippen molar-refractivity contribution in [2.75, 3.05) is 0 Å². The highest BCUT2D eigenvalue weighted by Gasteiger charge is 2.30. The fourth-order valence-electron chi connectivity index (χ4n) is 2.37. The van der Waals surface area contributed by atoms with Gasteiger partial charge < -0.3 is 15.2 Å². The summed E-state index contributed by atoms with van der Waals surface area (Å²) in [6.07, 6.45) is 1.01. The highest BCUT2D eigenvalue weighted by Crippen LogP contribution is 2.22. The van der Waals surface area contributed by atoms with Gasteiger partial charge in [-0.1, -0.05) is 30.3 Å². The highest BCUT2D eigenvalue weighted by molar-refractivity contribution is 5.82. The molecule has 0 bridgehead atoms. The fourth-order valence-corrected chi connectivity index (χ4v) is 2.37. The number of hydrogen-bond acceptors (Lipinski definition) is 3. The van der Waals surface area contributed by atoms with E-state index in [2.05, 4.69) is 5.32 Å². The molecule has 5 nitrogen and oxygen atoms in total. The van der Waals surface area contributed by atoms with Gasteiger partial charge in [-0.2, -0.15) is 0 Å². The summed E-state index contributed by atoms with van der Waals surface area (Å²) in [6.45, 7) is 1.93. The van der Waals surface area contributed by atoms with Gasteiger partial charge in [-0.25, -0.2) is 0 Å².